The number of pyridine rings is 1. The second kappa shape index (κ2) is 9.65. The van der Waals surface area contributed by atoms with Gasteiger partial charge in [-0.2, -0.15) is 0 Å². The molecular weight excluding hydrogens is 418 g/mol. The second-order valence-corrected chi connectivity index (χ2v) is 7.82. The molecular formula is C26H27N3O4. The smallest absolute Gasteiger partial charge is 0.251 e. The molecule has 1 amide bonds. The molecule has 0 bridgehead atoms. The summed E-state index contributed by atoms with van der Waals surface area (Å²) in [5.74, 6) is 1.77. The van der Waals surface area contributed by atoms with Gasteiger partial charge in [0, 0.05) is 23.5 Å². The summed E-state index contributed by atoms with van der Waals surface area (Å²) in [5, 5.41) is 3.02. The second-order valence-electron chi connectivity index (χ2n) is 7.82. The Morgan fingerprint density at radius 1 is 1.03 bits per heavy atom. The van der Waals surface area contributed by atoms with Crippen LogP contribution in [0.15, 0.2) is 67.0 Å². The standard InChI is InChI=1S/C26H27N3O4/c1-17-8-11-25-28-20(15-29(25)14-17)16-33-22-7-5-6-19(12-22)26(30)27-18(2)23-13-21(31-3)9-10-24(23)32-4/h5-15,18H,16H2,1-4H3,(H,27,30). The number of aromatic nitrogens is 2. The highest BCUT2D eigenvalue weighted by atomic mass is 16.5. The van der Waals surface area contributed by atoms with Crippen LogP contribution in [0, 0.1) is 6.92 Å². The minimum Gasteiger partial charge on any atom is -0.497 e. The predicted octanol–water partition coefficient (Wildman–Crippen LogP) is 4.73. The number of fused-ring (bicyclic) bond motifs is 1. The SMILES string of the molecule is COc1ccc(OC)c(C(C)NC(=O)c2cccc(OCc3cn4cc(C)ccc4n3)c2)c1. The van der Waals surface area contributed by atoms with Crippen LogP contribution in [0.5, 0.6) is 17.2 Å². The number of carbonyl (C=O) groups is 1. The van der Waals surface area contributed by atoms with E-state index in [0.717, 1.165) is 22.5 Å². The lowest BCUT2D eigenvalue weighted by atomic mass is 10.1. The fourth-order valence-electron chi connectivity index (χ4n) is 3.65. The Labute approximate surface area is 192 Å². The fourth-order valence-corrected chi connectivity index (χ4v) is 3.65. The Balaban J connectivity index is 1.44. The van der Waals surface area contributed by atoms with Gasteiger partial charge in [-0.1, -0.05) is 12.1 Å². The molecule has 1 atom stereocenters. The van der Waals surface area contributed by atoms with Crippen LogP contribution >= 0.6 is 0 Å². The first-order valence-electron chi connectivity index (χ1n) is 10.7. The highest BCUT2D eigenvalue weighted by molar-refractivity contribution is 5.94. The van der Waals surface area contributed by atoms with Gasteiger partial charge < -0.3 is 23.9 Å². The topological polar surface area (TPSA) is 74.1 Å². The lowest BCUT2D eigenvalue weighted by Gasteiger charge is -2.18. The number of ether oxygens (including phenoxy) is 3. The molecule has 1 unspecified atom stereocenters. The zero-order chi connectivity index (χ0) is 23.4. The molecule has 0 fully saturated rings. The Hall–Kier alpha value is -4.00. The van der Waals surface area contributed by atoms with Gasteiger partial charge in [0.25, 0.3) is 5.91 Å². The molecule has 33 heavy (non-hydrogen) atoms. The summed E-state index contributed by atoms with van der Waals surface area (Å²) in [4.78, 5) is 17.5. The summed E-state index contributed by atoms with van der Waals surface area (Å²) in [6, 6.07) is 16.3. The van der Waals surface area contributed by atoms with E-state index in [0.29, 0.717) is 29.4 Å². The molecule has 0 radical (unpaired) electrons. The van der Waals surface area contributed by atoms with E-state index >= 15 is 0 Å². The molecule has 0 spiro atoms. The number of amides is 1. The minimum atomic E-state index is -0.284. The van der Waals surface area contributed by atoms with Crippen molar-refractivity contribution in [1.82, 2.24) is 14.7 Å². The molecule has 0 aliphatic heterocycles. The number of hydrogen-bond acceptors (Lipinski definition) is 5. The lowest BCUT2D eigenvalue weighted by molar-refractivity contribution is 0.0939. The first-order valence-corrected chi connectivity index (χ1v) is 10.7. The number of imidazole rings is 1. The van der Waals surface area contributed by atoms with E-state index in [1.807, 2.05) is 67.0 Å². The Kier molecular flexibility index (Phi) is 6.49. The quantitative estimate of drug-likeness (QED) is 0.424. The Morgan fingerprint density at radius 3 is 2.67 bits per heavy atom. The number of carbonyl (C=O) groups excluding carboxylic acids is 1. The molecule has 2 heterocycles. The van der Waals surface area contributed by atoms with Gasteiger partial charge in [0.05, 0.1) is 26.0 Å². The van der Waals surface area contributed by atoms with E-state index in [9.17, 15) is 4.79 Å². The largest absolute Gasteiger partial charge is 0.497 e. The summed E-state index contributed by atoms with van der Waals surface area (Å²) in [5.41, 5.74) is 4.18. The van der Waals surface area contributed by atoms with Gasteiger partial charge in [0.2, 0.25) is 0 Å². The number of nitrogens with zero attached hydrogens (tertiary/aromatic N) is 2. The third-order valence-corrected chi connectivity index (χ3v) is 5.38. The van der Waals surface area contributed by atoms with Gasteiger partial charge in [-0.25, -0.2) is 4.98 Å². The van der Waals surface area contributed by atoms with Crippen LogP contribution in [-0.4, -0.2) is 29.5 Å². The van der Waals surface area contributed by atoms with E-state index in [4.69, 9.17) is 14.2 Å². The molecule has 0 aliphatic rings. The van der Waals surface area contributed by atoms with Crippen molar-refractivity contribution >= 4 is 11.6 Å². The van der Waals surface area contributed by atoms with E-state index in [2.05, 4.69) is 10.3 Å². The van der Waals surface area contributed by atoms with Crippen LogP contribution < -0.4 is 19.5 Å². The maximum Gasteiger partial charge on any atom is 0.251 e. The number of rotatable bonds is 8. The predicted molar refractivity (Wildman–Crippen MR) is 126 cm³/mol. The van der Waals surface area contributed by atoms with Gasteiger partial charge in [0.15, 0.2) is 0 Å². The van der Waals surface area contributed by atoms with E-state index in [1.165, 1.54) is 0 Å². The molecule has 2 aromatic heterocycles. The molecule has 4 aromatic rings. The van der Waals surface area contributed by atoms with E-state index in [1.54, 1.807) is 32.4 Å². The summed E-state index contributed by atoms with van der Waals surface area (Å²) >= 11 is 0. The maximum absolute atomic E-state index is 12.9. The molecule has 1 N–H and O–H groups in total. The van der Waals surface area contributed by atoms with Crippen molar-refractivity contribution in [2.45, 2.75) is 26.5 Å². The number of nitrogens with one attached hydrogen (secondary N) is 1. The normalized spacial score (nSPS) is 11.8. The van der Waals surface area contributed by atoms with Crippen LogP contribution in [-0.2, 0) is 6.61 Å². The van der Waals surface area contributed by atoms with Crippen molar-refractivity contribution < 1.29 is 19.0 Å². The van der Waals surface area contributed by atoms with Crippen molar-refractivity contribution in [2.75, 3.05) is 14.2 Å². The minimum absolute atomic E-state index is 0.207. The first kappa shape index (κ1) is 22.2. The molecule has 170 valence electrons. The molecule has 2 aromatic carbocycles. The van der Waals surface area contributed by atoms with Crippen LogP contribution in [0.1, 0.15) is 40.1 Å². The average molecular weight is 446 g/mol. The number of aryl methyl sites for hydroxylation is 1. The van der Waals surface area contributed by atoms with Gasteiger partial charge >= 0.3 is 0 Å². The molecule has 4 rings (SSSR count). The van der Waals surface area contributed by atoms with Crippen LogP contribution in [0.3, 0.4) is 0 Å². The first-order chi connectivity index (χ1) is 16.0. The van der Waals surface area contributed by atoms with Gasteiger partial charge in [0.1, 0.15) is 29.5 Å². The molecule has 0 saturated carbocycles. The summed E-state index contributed by atoms with van der Waals surface area (Å²) in [7, 11) is 3.21. The fraction of sp³-hybridized carbons (Fsp3) is 0.231. The Bertz CT molecular complexity index is 1280. The van der Waals surface area contributed by atoms with Crippen molar-refractivity contribution in [3.05, 3.63) is 89.4 Å². The van der Waals surface area contributed by atoms with Gasteiger partial charge in [-0.05, 0) is 61.9 Å². The van der Waals surface area contributed by atoms with E-state index in [-0.39, 0.29) is 11.9 Å². The summed E-state index contributed by atoms with van der Waals surface area (Å²) in [6.07, 6.45) is 3.97. The monoisotopic (exact) mass is 445 g/mol. The van der Waals surface area contributed by atoms with Gasteiger partial charge in [-0.15, -0.1) is 0 Å². The third kappa shape index (κ3) is 5.09. The third-order valence-electron chi connectivity index (χ3n) is 5.38. The van der Waals surface area contributed by atoms with Crippen LogP contribution in [0.25, 0.3) is 5.65 Å². The molecule has 0 saturated heterocycles. The van der Waals surface area contributed by atoms with Gasteiger partial charge in [-0.3, -0.25) is 4.79 Å². The number of hydrogen-bond donors (Lipinski definition) is 1. The van der Waals surface area contributed by atoms with Crippen molar-refractivity contribution in [3.8, 4) is 17.2 Å². The number of benzene rings is 2. The van der Waals surface area contributed by atoms with Crippen molar-refractivity contribution in [3.63, 3.8) is 0 Å². The highest BCUT2D eigenvalue weighted by Gasteiger charge is 2.17. The van der Waals surface area contributed by atoms with Crippen molar-refractivity contribution in [2.24, 2.45) is 0 Å². The summed E-state index contributed by atoms with van der Waals surface area (Å²) in [6.45, 7) is 4.25. The maximum atomic E-state index is 12.9. The van der Waals surface area contributed by atoms with Crippen LogP contribution in [0.2, 0.25) is 0 Å². The lowest BCUT2D eigenvalue weighted by Crippen LogP contribution is -2.27. The zero-order valence-corrected chi connectivity index (χ0v) is 19.2. The molecule has 7 heteroatoms. The molecule has 7 nitrogen and oxygen atoms in total. The Morgan fingerprint density at radius 2 is 1.88 bits per heavy atom. The van der Waals surface area contributed by atoms with Crippen LogP contribution in [0.4, 0.5) is 0 Å². The summed E-state index contributed by atoms with van der Waals surface area (Å²) < 4.78 is 18.6. The number of methoxy groups -OCH3 is 2. The van der Waals surface area contributed by atoms with E-state index < -0.39 is 0 Å². The average Bonchev–Trinajstić information content (AvgIpc) is 3.24. The molecule has 0 aliphatic carbocycles. The van der Waals surface area contributed by atoms with Crippen molar-refractivity contribution in [1.29, 1.82) is 0 Å². The zero-order valence-electron chi connectivity index (χ0n) is 19.2. The highest BCUT2D eigenvalue weighted by Crippen LogP contribution is 2.29.